The largest absolute Gasteiger partial charge is 0.380 e. The van der Waals surface area contributed by atoms with Crippen LogP contribution in [0.4, 0.5) is 4.39 Å². The van der Waals surface area contributed by atoms with E-state index >= 15 is 0 Å². The topological polar surface area (TPSA) is 74.2 Å². The third-order valence-electron chi connectivity index (χ3n) is 5.19. The van der Waals surface area contributed by atoms with E-state index in [0.717, 1.165) is 37.7 Å². The van der Waals surface area contributed by atoms with Crippen LogP contribution in [0.1, 0.15) is 49.4 Å². The van der Waals surface area contributed by atoms with Gasteiger partial charge in [-0.05, 0) is 37.0 Å². The molecular formula is C17H20FN3O2. The third-order valence-corrected chi connectivity index (χ3v) is 5.19. The Morgan fingerprint density at radius 1 is 1.09 bits per heavy atom. The minimum absolute atomic E-state index is 0.261. The molecule has 1 aliphatic carbocycles. The number of halogens is 1. The highest BCUT2D eigenvalue weighted by Gasteiger charge is 2.45. The van der Waals surface area contributed by atoms with E-state index in [9.17, 15) is 4.39 Å². The Balaban J connectivity index is 1.74. The Hall–Kier alpha value is -1.79. The molecule has 2 N–H and O–H groups in total. The first-order chi connectivity index (χ1) is 11.1. The van der Waals surface area contributed by atoms with Gasteiger partial charge in [0.25, 0.3) is 0 Å². The highest BCUT2D eigenvalue weighted by molar-refractivity contribution is 5.34. The van der Waals surface area contributed by atoms with E-state index in [4.69, 9.17) is 15.0 Å². The summed E-state index contributed by atoms with van der Waals surface area (Å²) < 4.78 is 24.4. The van der Waals surface area contributed by atoms with Crippen LogP contribution in [-0.2, 0) is 15.7 Å². The SMILES string of the molecule is NC1(c2nc(C3(c4ccc(F)cc4)CCOC3)no2)CCCC1. The van der Waals surface area contributed by atoms with Crippen LogP contribution in [0.2, 0.25) is 0 Å². The molecule has 0 radical (unpaired) electrons. The molecule has 1 unspecified atom stereocenters. The first kappa shape index (κ1) is 14.8. The van der Waals surface area contributed by atoms with Crippen molar-refractivity contribution in [2.75, 3.05) is 13.2 Å². The number of hydrogen-bond donors (Lipinski definition) is 1. The Morgan fingerprint density at radius 2 is 1.83 bits per heavy atom. The highest BCUT2D eigenvalue weighted by atomic mass is 19.1. The van der Waals surface area contributed by atoms with Gasteiger partial charge in [0.05, 0.1) is 17.6 Å². The van der Waals surface area contributed by atoms with Crippen molar-refractivity contribution in [1.29, 1.82) is 0 Å². The van der Waals surface area contributed by atoms with E-state index in [1.165, 1.54) is 12.1 Å². The molecule has 2 aromatic rings. The number of ether oxygens (including phenoxy) is 1. The summed E-state index contributed by atoms with van der Waals surface area (Å²) in [6.45, 7) is 1.09. The zero-order valence-corrected chi connectivity index (χ0v) is 12.9. The first-order valence-corrected chi connectivity index (χ1v) is 8.10. The van der Waals surface area contributed by atoms with Crippen molar-refractivity contribution in [2.24, 2.45) is 5.73 Å². The summed E-state index contributed by atoms with van der Waals surface area (Å²) in [7, 11) is 0. The molecule has 4 rings (SSSR count). The molecule has 1 atom stereocenters. The average Bonchev–Trinajstić information content (AvgIpc) is 3.28. The number of nitrogens with zero attached hydrogens (tertiary/aromatic N) is 2. The number of nitrogens with two attached hydrogens (primary N) is 1. The van der Waals surface area contributed by atoms with Crippen LogP contribution in [0.15, 0.2) is 28.8 Å². The smallest absolute Gasteiger partial charge is 0.246 e. The van der Waals surface area contributed by atoms with Crippen molar-refractivity contribution >= 4 is 0 Å². The second-order valence-corrected chi connectivity index (χ2v) is 6.68. The molecule has 0 amide bonds. The zero-order valence-electron chi connectivity index (χ0n) is 12.9. The zero-order chi connectivity index (χ0) is 15.9. The lowest BCUT2D eigenvalue weighted by Gasteiger charge is -2.24. The Labute approximate surface area is 134 Å². The normalized spacial score (nSPS) is 26.7. The van der Waals surface area contributed by atoms with Crippen molar-refractivity contribution < 1.29 is 13.7 Å². The summed E-state index contributed by atoms with van der Waals surface area (Å²) in [5, 5.41) is 4.22. The maximum atomic E-state index is 13.3. The van der Waals surface area contributed by atoms with Gasteiger partial charge in [0.15, 0.2) is 5.82 Å². The predicted molar refractivity (Wildman–Crippen MR) is 81.2 cm³/mol. The summed E-state index contributed by atoms with van der Waals surface area (Å²) in [5.74, 6) is 0.843. The fourth-order valence-electron chi connectivity index (χ4n) is 3.71. The first-order valence-electron chi connectivity index (χ1n) is 8.10. The van der Waals surface area contributed by atoms with Crippen LogP contribution in [0.3, 0.4) is 0 Å². The lowest BCUT2D eigenvalue weighted by molar-refractivity contribution is 0.182. The number of hydrogen-bond acceptors (Lipinski definition) is 5. The molecule has 1 saturated heterocycles. The molecule has 2 heterocycles. The van der Waals surface area contributed by atoms with E-state index < -0.39 is 11.0 Å². The summed E-state index contributed by atoms with van der Waals surface area (Å²) in [6.07, 6.45) is 4.65. The second-order valence-electron chi connectivity index (χ2n) is 6.68. The molecule has 1 aliphatic heterocycles. The number of benzene rings is 1. The molecule has 2 fully saturated rings. The maximum absolute atomic E-state index is 13.3. The fraction of sp³-hybridized carbons (Fsp3) is 0.529. The van der Waals surface area contributed by atoms with Gasteiger partial charge in [0, 0.05) is 6.61 Å². The van der Waals surface area contributed by atoms with Gasteiger partial charge in [-0.1, -0.05) is 30.1 Å². The van der Waals surface area contributed by atoms with Crippen molar-refractivity contribution in [1.82, 2.24) is 10.1 Å². The van der Waals surface area contributed by atoms with E-state index in [0.29, 0.717) is 24.9 Å². The number of aromatic nitrogens is 2. The summed E-state index contributed by atoms with van der Waals surface area (Å²) >= 11 is 0. The van der Waals surface area contributed by atoms with Gasteiger partial charge in [-0.2, -0.15) is 4.98 Å². The van der Waals surface area contributed by atoms with E-state index in [2.05, 4.69) is 10.1 Å². The van der Waals surface area contributed by atoms with Crippen molar-refractivity contribution in [2.45, 2.75) is 43.1 Å². The van der Waals surface area contributed by atoms with E-state index in [-0.39, 0.29) is 5.82 Å². The summed E-state index contributed by atoms with van der Waals surface area (Å²) in [4.78, 5) is 4.64. The predicted octanol–water partition coefficient (Wildman–Crippen LogP) is 2.64. The van der Waals surface area contributed by atoms with E-state index in [1.54, 1.807) is 12.1 Å². The van der Waals surface area contributed by atoms with Gasteiger partial charge in [-0.25, -0.2) is 4.39 Å². The molecule has 6 heteroatoms. The summed E-state index contributed by atoms with van der Waals surface area (Å²) in [5.41, 5.74) is 6.38. The van der Waals surface area contributed by atoms with Crippen LogP contribution in [0.5, 0.6) is 0 Å². The average molecular weight is 317 g/mol. The van der Waals surface area contributed by atoms with Gasteiger partial charge in [0.2, 0.25) is 5.89 Å². The minimum Gasteiger partial charge on any atom is -0.380 e. The van der Waals surface area contributed by atoms with Crippen molar-refractivity contribution in [3.05, 3.63) is 47.4 Å². The van der Waals surface area contributed by atoms with Crippen LogP contribution in [0.25, 0.3) is 0 Å². The van der Waals surface area contributed by atoms with Crippen LogP contribution < -0.4 is 5.73 Å². The number of rotatable bonds is 3. The fourth-order valence-corrected chi connectivity index (χ4v) is 3.71. The van der Waals surface area contributed by atoms with Gasteiger partial charge < -0.3 is 15.0 Å². The molecule has 0 spiro atoms. The molecule has 5 nitrogen and oxygen atoms in total. The lowest BCUT2D eigenvalue weighted by atomic mass is 9.79. The van der Waals surface area contributed by atoms with Crippen molar-refractivity contribution in [3.63, 3.8) is 0 Å². The highest BCUT2D eigenvalue weighted by Crippen LogP contribution is 2.41. The van der Waals surface area contributed by atoms with Gasteiger partial charge in [-0.15, -0.1) is 0 Å². The monoisotopic (exact) mass is 317 g/mol. The Bertz CT molecular complexity index is 686. The van der Waals surface area contributed by atoms with Crippen LogP contribution >= 0.6 is 0 Å². The Morgan fingerprint density at radius 3 is 2.48 bits per heavy atom. The lowest BCUT2D eigenvalue weighted by Crippen LogP contribution is -2.34. The van der Waals surface area contributed by atoms with Crippen LogP contribution in [0, 0.1) is 5.82 Å². The van der Waals surface area contributed by atoms with Crippen molar-refractivity contribution in [3.8, 4) is 0 Å². The van der Waals surface area contributed by atoms with Crippen LogP contribution in [-0.4, -0.2) is 23.4 Å². The van der Waals surface area contributed by atoms with Gasteiger partial charge in [0.1, 0.15) is 5.82 Å². The Kier molecular flexibility index (Phi) is 3.46. The standard InChI is InChI=1S/C17H20FN3O2/c18-13-5-3-12(4-6-13)16(9-10-22-11-16)14-20-15(23-21-14)17(19)7-1-2-8-17/h3-6H,1-2,7-11,19H2. The third kappa shape index (κ3) is 2.37. The van der Waals surface area contributed by atoms with Gasteiger partial charge >= 0.3 is 0 Å². The second kappa shape index (κ2) is 5.39. The molecule has 2 aliphatic rings. The van der Waals surface area contributed by atoms with Gasteiger partial charge in [-0.3, -0.25) is 0 Å². The quantitative estimate of drug-likeness (QED) is 0.942. The molecule has 23 heavy (non-hydrogen) atoms. The molecular weight excluding hydrogens is 297 g/mol. The molecule has 1 aromatic heterocycles. The summed E-state index contributed by atoms with van der Waals surface area (Å²) in [6, 6.07) is 6.46. The molecule has 1 saturated carbocycles. The maximum Gasteiger partial charge on any atom is 0.246 e. The molecule has 122 valence electrons. The molecule has 0 bridgehead atoms. The minimum atomic E-state index is -0.505. The molecule has 1 aromatic carbocycles. The van der Waals surface area contributed by atoms with E-state index in [1.807, 2.05) is 0 Å².